The van der Waals surface area contributed by atoms with Crippen LogP contribution in [-0.4, -0.2) is 38.5 Å². The summed E-state index contributed by atoms with van der Waals surface area (Å²) < 4.78 is 31.4. The van der Waals surface area contributed by atoms with Gasteiger partial charge in [0.1, 0.15) is 0 Å². The lowest BCUT2D eigenvalue weighted by Gasteiger charge is -2.26. The maximum absolute atomic E-state index is 12.6. The van der Waals surface area contributed by atoms with E-state index >= 15 is 0 Å². The molecule has 6 nitrogen and oxygen atoms in total. The number of hydrogen-bond donors (Lipinski definition) is 1. The molecule has 1 aliphatic heterocycles. The van der Waals surface area contributed by atoms with E-state index in [-0.39, 0.29) is 22.2 Å². The smallest absolute Gasteiger partial charge is 0.411 e. The number of amides is 1. The van der Waals surface area contributed by atoms with Crippen LogP contribution in [0.15, 0.2) is 23.1 Å². The third kappa shape index (κ3) is 3.91. The van der Waals surface area contributed by atoms with E-state index in [9.17, 15) is 13.2 Å². The van der Waals surface area contributed by atoms with Crippen LogP contribution < -0.4 is 5.32 Å². The second-order valence-electron chi connectivity index (χ2n) is 4.95. The number of carbonyl (C=O) groups excluding carboxylic acids is 1. The second kappa shape index (κ2) is 7.30. The van der Waals surface area contributed by atoms with Crippen molar-refractivity contribution in [2.24, 2.45) is 0 Å². The van der Waals surface area contributed by atoms with E-state index in [1.165, 1.54) is 22.5 Å². The van der Waals surface area contributed by atoms with E-state index < -0.39 is 16.1 Å². The first-order chi connectivity index (χ1) is 10.4. The van der Waals surface area contributed by atoms with Crippen molar-refractivity contribution in [3.05, 3.63) is 23.2 Å². The van der Waals surface area contributed by atoms with Crippen LogP contribution >= 0.6 is 11.6 Å². The van der Waals surface area contributed by atoms with Gasteiger partial charge in [0.05, 0.1) is 22.2 Å². The van der Waals surface area contributed by atoms with Gasteiger partial charge < -0.3 is 4.74 Å². The number of piperidine rings is 1. The fourth-order valence-corrected chi connectivity index (χ4v) is 4.00. The number of sulfonamides is 1. The predicted molar refractivity (Wildman–Crippen MR) is 84.7 cm³/mol. The number of ether oxygens (including phenoxy) is 1. The van der Waals surface area contributed by atoms with Gasteiger partial charge in [-0.15, -0.1) is 0 Å². The van der Waals surface area contributed by atoms with Crippen molar-refractivity contribution in [1.82, 2.24) is 4.31 Å². The zero-order valence-corrected chi connectivity index (χ0v) is 13.9. The highest BCUT2D eigenvalue weighted by molar-refractivity contribution is 7.89. The van der Waals surface area contributed by atoms with Gasteiger partial charge in [0.2, 0.25) is 10.0 Å². The molecule has 0 atom stereocenters. The van der Waals surface area contributed by atoms with Crippen LogP contribution in [0.2, 0.25) is 5.02 Å². The Balaban J connectivity index is 2.26. The molecule has 0 radical (unpaired) electrons. The Bertz CT molecular complexity index is 642. The van der Waals surface area contributed by atoms with E-state index in [4.69, 9.17) is 16.3 Å². The Morgan fingerprint density at radius 3 is 2.64 bits per heavy atom. The van der Waals surface area contributed by atoms with Crippen molar-refractivity contribution in [2.45, 2.75) is 31.1 Å². The van der Waals surface area contributed by atoms with Crippen molar-refractivity contribution in [2.75, 3.05) is 25.0 Å². The Morgan fingerprint density at radius 2 is 2.00 bits per heavy atom. The van der Waals surface area contributed by atoms with E-state index in [0.29, 0.717) is 13.1 Å². The predicted octanol–water partition coefficient (Wildman–Crippen LogP) is 3.08. The molecule has 0 unspecified atom stereocenters. The number of anilines is 1. The summed E-state index contributed by atoms with van der Waals surface area (Å²) in [5, 5.41) is 2.71. The van der Waals surface area contributed by atoms with Gasteiger partial charge in [-0.2, -0.15) is 4.31 Å². The van der Waals surface area contributed by atoms with Gasteiger partial charge in [-0.05, 0) is 38.0 Å². The summed E-state index contributed by atoms with van der Waals surface area (Å²) in [6.45, 7) is 2.94. The lowest BCUT2D eigenvalue weighted by atomic mass is 10.2. The Labute approximate surface area is 135 Å². The largest absolute Gasteiger partial charge is 0.450 e. The molecule has 1 aromatic rings. The molecule has 1 amide bonds. The maximum atomic E-state index is 12.6. The van der Waals surface area contributed by atoms with Crippen LogP contribution in [0.3, 0.4) is 0 Å². The van der Waals surface area contributed by atoms with Crippen molar-refractivity contribution in [3.8, 4) is 0 Å². The lowest BCUT2D eigenvalue weighted by Crippen LogP contribution is -2.35. The Kier molecular flexibility index (Phi) is 5.66. The number of halogens is 1. The summed E-state index contributed by atoms with van der Waals surface area (Å²) in [5.74, 6) is 0. The van der Waals surface area contributed by atoms with Gasteiger partial charge in [-0.1, -0.05) is 18.0 Å². The zero-order chi connectivity index (χ0) is 16.2. The molecular weight excluding hydrogens is 328 g/mol. The molecule has 1 N–H and O–H groups in total. The van der Waals surface area contributed by atoms with Crippen molar-refractivity contribution < 1.29 is 17.9 Å². The molecule has 1 saturated heterocycles. The number of nitrogens with one attached hydrogen (secondary N) is 1. The first-order valence-electron chi connectivity index (χ1n) is 7.18. The van der Waals surface area contributed by atoms with E-state index in [0.717, 1.165) is 19.3 Å². The molecule has 122 valence electrons. The number of carbonyl (C=O) groups is 1. The van der Waals surface area contributed by atoms with Crippen molar-refractivity contribution in [1.29, 1.82) is 0 Å². The third-order valence-corrected chi connectivity index (χ3v) is 5.63. The molecule has 0 spiro atoms. The van der Waals surface area contributed by atoms with Crippen LogP contribution in [-0.2, 0) is 14.8 Å². The second-order valence-corrected chi connectivity index (χ2v) is 7.30. The van der Waals surface area contributed by atoms with Crippen molar-refractivity contribution in [3.63, 3.8) is 0 Å². The number of nitrogens with zero attached hydrogens (tertiary/aromatic N) is 1. The Morgan fingerprint density at radius 1 is 1.32 bits per heavy atom. The highest BCUT2D eigenvalue weighted by Gasteiger charge is 2.26. The first-order valence-corrected chi connectivity index (χ1v) is 9.00. The molecular formula is C14H19ClN2O4S. The molecule has 1 aromatic carbocycles. The molecule has 0 aliphatic carbocycles. The summed E-state index contributed by atoms with van der Waals surface area (Å²) in [4.78, 5) is 11.6. The lowest BCUT2D eigenvalue weighted by molar-refractivity contribution is 0.168. The third-order valence-electron chi connectivity index (χ3n) is 3.40. The average molecular weight is 347 g/mol. The number of rotatable bonds is 4. The number of hydrogen-bond acceptors (Lipinski definition) is 4. The van der Waals surface area contributed by atoms with Gasteiger partial charge in [-0.25, -0.2) is 13.2 Å². The zero-order valence-electron chi connectivity index (χ0n) is 12.3. The van der Waals surface area contributed by atoms with Crippen LogP contribution in [0.1, 0.15) is 26.2 Å². The van der Waals surface area contributed by atoms with E-state index in [1.807, 2.05) is 0 Å². The molecule has 8 heteroatoms. The molecule has 1 heterocycles. The Hall–Kier alpha value is -1.31. The molecule has 0 aromatic heterocycles. The minimum absolute atomic E-state index is 0.116. The van der Waals surface area contributed by atoms with Crippen LogP contribution in [0.25, 0.3) is 0 Å². The topological polar surface area (TPSA) is 75.7 Å². The summed E-state index contributed by atoms with van der Waals surface area (Å²) in [7, 11) is -3.57. The van der Waals surface area contributed by atoms with E-state index in [2.05, 4.69) is 5.32 Å². The van der Waals surface area contributed by atoms with Crippen LogP contribution in [0.4, 0.5) is 10.5 Å². The van der Waals surface area contributed by atoms with Crippen molar-refractivity contribution >= 4 is 33.4 Å². The molecule has 22 heavy (non-hydrogen) atoms. The van der Waals surface area contributed by atoms with Crippen LogP contribution in [0.5, 0.6) is 0 Å². The molecule has 2 rings (SSSR count). The van der Waals surface area contributed by atoms with Gasteiger partial charge in [-0.3, -0.25) is 5.32 Å². The van der Waals surface area contributed by atoms with Gasteiger partial charge in [0.25, 0.3) is 0 Å². The quantitative estimate of drug-likeness (QED) is 0.909. The summed E-state index contributed by atoms with van der Waals surface area (Å²) in [6.07, 6.45) is 2.10. The van der Waals surface area contributed by atoms with E-state index in [1.54, 1.807) is 6.92 Å². The fourth-order valence-electron chi connectivity index (χ4n) is 2.29. The molecule has 0 bridgehead atoms. The minimum Gasteiger partial charge on any atom is -0.450 e. The molecule has 1 aliphatic rings. The summed E-state index contributed by atoms with van der Waals surface area (Å²) in [6, 6.07) is 4.27. The average Bonchev–Trinajstić information content (AvgIpc) is 2.50. The normalized spacial score (nSPS) is 16.3. The highest BCUT2D eigenvalue weighted by Crippen LogP contribution is 2.28. The molecule has 1 fully saturated rings. The summed E-state index contributed by atoms with van der Waals surface area (Å²) >= 11 is 6.00. The highest BCUT2D eigenvalue weighted by atomic mass is 35.5. The first kappa shape index (κ1) is 17.1. The van der Waals surface area contributed by atoms with Gasteiger partial charge >= 0.3 is 6.09 Å². The van der Waals surface area contributed by atoms with Gasteiger partial charge in [0.15, 0.2) is 0 Å². The molecule has 0 saturated carbocycles. The standard InChI is InChI=1S/C14H19ClN2O4S/c1-2-21-14(18)16-13-10-11(6-7-12(13)15)22(19,20)17-8-4-3-5-9-17/h6-7,10H,2-5,8-9H2,1H3,(H,16,18). The summed E-state index contributed by atoms with van der Waals surface area (Å²) in [5.41, 5.74) is 0.221. The SMILES string of the molecule is CCOC(=O)Nc1cc(S(=O)(=O)N2CCCCC2)ccc1Cl. The van der Waals surface area contributed by atoms with Crippen LogP contribution in [0, 0.1) is 0 Å². The fraction of sp³-hybridized carbons (Fsp3) is 0.500. The minimum atomic E-state index is -3.57. The number of benzene rings is 1. The maximum Gasteiger partial charge on any atom is 0.411 e. The monoisotopic (exact) mass is 346 g/mol. The van der Waals surface area contributed by atoms with Gasteiger partial charge in [0, 0.05) is 13.1 Å².